The van der Waals surface area contributed by atoms with Gasteiger partial charge in [-0.25, -0.2) is 0 Å². The summed E-state index contributed by atoms with van der Waals surface area (Å²) < 4.78 is 6.16. The van der Waals surface area contributed by atoms with Crippen LogP contribution in [-0.4, -0.2) is 18.8 Å². The number of nitrogens with one attached hydrogen (secondary N) is 1. The molecule has 0 saturated carbocycles. The van der Waals surface area contributed by atoms with Gasteiger partial charge in [-0.1, -0.05) is 19.8 Å². The number of hydrogen-bond acceptors (Lipinski definition) is 3. The lowest BCUT2D eigenvalue weighted by Gasteiger charge is -2.11. The minimum absolute atomic E-state index is 0.0992. The smallest absolute Gasteiger partial charge is 0.228 e. The molecule has 2 rings (SSSR count). The van der Waals surface area contributed by atoms with Crippen LogP contribution in [0.3, 0.4) is 0 Å². The summed E-state index contributed by atoms with van der Waals surface area (Å²) in [4.78, 5) is 13.3. The summed E-state index contributed by atoms with van der Waals surface area (Å²) in [5, 5.41) is 3.03. The monoisotopic (exact) mass is 343 g/mol. The van der Waals surface area contributed by atoms with Gasteiger partial charge in [0.1, 0.15) is 5.75 Å². The molecule has 1 aromatic carbocycles. The van der Waals surface area contributed by atoms with Crippen molar-refractivity contribution < 1.29 is 9.53 Å². The third-order valence-electron chi connectivity index (χ3n) is 3.23. The Labute approximate surface area is 126 Å². The van der Waals surface area contributed by atoms with Crippen LogP contribution in [0.25, 0.3) is 0 Å². The van der Waals surface area contributed by atoms with E-state index in [-0.39, 0.29) is 11.8 Å². The zero-order valence-corrected chi connectivity index (χ0v) is 13.6. The predicted octanol–water partition coefficient (Wildman–Crippen LogP) is 4.31. The predicted molar refractivity (Wildman–Crippen MR) is 83.1 cm³/mol. The number of ether oxygens (including phenoxy) is 1. The van der Waals surface area contributed by atoms with Crippen molar-refractivity contribution in [1.82, 2.24) is 0 Å². The maximum Gasteiger partial charge on any atom is 0.228 e. The molecule has 104 valence electrons. The summed E-state index contributed by atoms with van der Waals surface area (Å²) >= 11 is 5.18. The molecule has 0 aliphatic carbocycles. The summed E-state index contributed by atoms with van der Waals surface area (Å²) in [6.07, 6.45) is 3.18. The largest absolute Gasteiger partial charge is 0.496 e. The van der Waals surface area contributed by atoms with Gasteiger partial charge < -0.3 is 10.1 Å². The first kappa shape index (κ1) is 14.7. The maximum atomic E-state index is 12.2. The van der Waals surface area contributed by atoms with E-state index >= 15 is 0 Å². The highest BCUT2D eigenvalue weighted by Crippen LogP contribution is 2.40. The van der Waals surface area contributed by atoms with E-state index in [1.165, 1.54) is 0 Å². The van der Waals surface area contributed by atoms with Crippen LogP contribution in [0.4, 0.5) is 5.69 Å². The summed E-state index contributed by atoms with van der Waals surface area (Å²) in [6, 6.07) is 3.90. The van der Waals surface area contributed by atoms with Gasteiger partial charge >= 0.3 is 0 Å². The molecular formula is C14H18BrNO2S. The highest BCUT2D eigenvalue weighted by molar-refractivity contribution is 9.10. The molecule has 1 aliphatic rings. The number of unbranched alkanes of at least 4 members (excludes halogenated alkanes) is 1. The normalized spacial score (nSPS) is 18.5. The minimum Gasteiger partial charge on any atom is -0.496 e. The van der Waals surface area contributed by atoms with Gasteiger partial charge in [-0.15, -0.1) is 11.8 Å². The van der Waals surface area contributed by atoms with Crippen LogP contribution >= 0.6 is 27.7 Å². The average Bonchev–Trinajstić information content (AvgIpc) is 2.54. The van der Waals surface area contributed by atoms with E-state index in [2.05, 4.69) is 28.2 Å². The summed E-state index contributed by atoms with van der Waals surface area (Å²) in [7, 11) is 1.65. The fraction of sp³-hybridized carbons (Fsp3) is 0.500. The minimum atomic E-state index is 0.0992. The Morgan fingerprint density at radius 3 is 3.00 bits per heavy atom. The van der Waals surface area contributed by atoms with Crippen molar-refractivity contribution >= 4 is 39.3 Å². The Kier molecular flexibility index (Phi) is 5.16. The lowest BCUT2D eigenvalue weighted by atomic mass is 10.0. The number of fused-ring (bicyclic) bond motifs is 1. The Balaban J connectivity index is 2.21. The van der Waals surface area contributed by atoms with Crippen LogP contribution in [-0.2, 0) is 4.79 Å². The first-order valence-corrected chi connectivity index (χ1v) is 8.24. The number of benzene rings is 1. The van der Waals surface area contributed by atoms with E-state index in [1.807, 2.05) is 12.1 Å². The van der Waals surface area contributed by atoms with Crippen LogP contribution in [0.2, 0.25) is 0 Å². The number of thioether (sulfide) groups is 1. The first-order valence-electron chi connectivity index (χ1n) is 6.47. The molecule has 0 bridgehead atoms. The molecule has 0 aromatic heterocycles. The van der Waals surface area contributed by atoms with Crippen molar-refractivity contribution in [2.24, 2.45) is 5.92 Å². The highest BCUT2D eigenvalue weighted by atomic mass is 79.9. The fourth-order valence-corrected chi connectivity index (χ4v) is 3.73. The lowest BCUT2D eigenvalue weighted by Crippen LogP contribution is -2.23. The van der Waals surface area contributed by atoms with Gasteiger partial charge in [0.2, 0.25) is 5.91 Å². The molecule has 3 nitrogen and oxygen atoms in total. The van der Waals surface area contributed by atoms with Gasteiger partial charge in [-0.05, 0) is 34.5 Å². The molecule has 1 atom stereocenters. The van der Waals surface area contributed by atoms with Gasteiger partial charge in [-0.3, -0.25) is 4.79 Å². The van der Waals surface area contributed by atoms with E-state index < -0.39 is 0 Å². The Morgan fingerprint density at radius 1 is 1.53 bits per heavy atom. The number of methoxy groups -OCH3 is 1. The number of amides is 1. The second-order valence-corrected chi connectivity index (χ2v) is 6.54. The third-order valence-corrected chi connectivity index (χ3v) is 5.07. The molecule has 0 fully saturated rings. The zero-order valence-electron chi connectivity index (χ0n) is 11.2. The van der Waals surface area contributed by atoms with Crippen molar-refractivity contribution in [1.29, 1.82) is 0 Å². The van der Waals surface area contributed by atoms with E-state index in [9.17, 15) is 4.79 Å². The maximum absolute atomic E-state index is 12.2. The molecule has 1 amide bonds. The quantitative estimate of drug-likeness (QED) is 0.885. The van der Waals surface area contributed by atoms with Gasteiger partial charge in [0.25, 0.3) is 0 Å². The number of carbonyl (C=O) groups excluding carboxylic acids is 1. The van der Waals surface area contributed by atoms with Crippen molar-refractivity contribution in [3.8, 4) is 5.75 Å². The molecular weight excluding hydrogens is 326 g/mol. The van der Waals surface area contributed by atoms with Crippen molar-refractivity contribution in [2.75, 3.05) is 18.2 Å². The average molecular weight is 344 g/mol. The van der Waals surface area contributed by atoms with E-state index in [0.29, 0.717) is 0 Å². The lowest BCUT2D eigenvalue weighted by molar-refractivity contribution is -0.119. The fourth-order valence-electron chi connectivity index (χ4n) is 2.07. The Morgan fingerprint density at radius 2 is 2.32 bits per heavy atom. The van der Waals surface area contributed by atoms with Crippen LogP contribution < -0.4 is 10.1 Å². The number of carbonyl (C=O) groups is 1. The first-order chi connectivity index (χ1) is 9.15. The SMILES string of the molecule is CCCCC1CSc2cc(OC)c(Br)cc2NC1=O. The van der Waals surface area contributed by atoms with Crippen LogP contribution in [0.5, 0.6) is 5.75 Å². The molecule has 0 radical (unpaired) electrons. The molecule has 5 heteroatoms. The van der Waals surface area contributed by atoms with Crippen molar-refractivity contribution in [3.05, 3.63) is 16.6 Å². The van der Waals surface area contributed by atoms with Gasteiger partial charge in [0, 0.05) is 16.6 Å². The van der Waals surface area contributed by atoms with Crippen molar-refractivity contribution in [3.63, 3.8) is 0 Å². The van der Waals surface area contributed by atoms with Crippen LogP contribution in [0.15, 0.2) is 21.5 Å². The molecule has 1 aromatic rings. The van der Waals surface area contributed by atoms with Gasteiger partial charge in [-0.2, -0.15) is 0 Å². The highest BCUT2D eigenvalue weighted by Gasteiger charge is 2.24. The molecule has 1 unspecified atom stereocenters. The second kappa shape index (κ2) is 6.66. The van der Waals surface area contributed by atoms with E-state index in [1.54, 1.807) is 18.9 Å². The molecule has 0 spiro atoms. The summed E-state index contributed by atoms with van der Waals surface area (Å²) in [5.74, 6) is 1.87. The molecule has 19 heavy (non-hydrogen) atoms. The molecule has 1 heterocycles. The number of rotatable bonds is 4. The standard InChI is InChI=1S/C14H18BrNO2S/c1-3-4-5-9-8-19-13-7-12(18-2)10(15)6-11(13)16-14(9)17/h6-7,9H,3-5,8H2,1-2H3,(H,16,17). The zero-order chi connectivity index (χ0) is 13.8. The van der Waals surface area contributed by atoms with Crippen LogP contribution in [0, 0.1) is 5.92 Å². The molecule has 0 saturated heterocycles. The molecule has 1 aliphatic heterocycles. The van der Waals surface area contributed by atoms with E-state index in [0.717, 1.165) is 45.8 Å². The van der Waals surface area contributed by atoms with Gasteiger partial charge in [0.15, 0.2) is 0 Å². The van der Waals surface area contributed by atoms with Gasteiger partial charge in [0.05, 0.1) is 17.3 Å². The number of anilines is 1. The summed E-state index contributed by atoms with van der Waals surface area (Å²) in [6.45, 7) is 2.15. The third kappa shape index (κ3) is 3.45. The Bertz CT molecular complexity index is 479. The summed E-state index contributed by atoms with van der Waals surface area (Å²) in [5.41, 5.74) is 0.877. The number of halogens is 1. The van der Waals surface area contributed by atoms with Crippen molar-refractivity contribution in [2.45, 2.75) is 31.1 Å². The van der Waals surface area contributed by atoms with Crippen LogP contribution in [0.1, 0.15) is 26.2 Å². The van der Waals surface area contributed by atoms with E-state index in [4.69, 9.17) is 4.74 Å². The Hall–Kier alpha value is -0.680. The number of hydrogen-bond donors (Lipinski definition) is 1. The second-order valence-electron chi connectivity index (χ2n) is 4.62. The molecule has 1 N–H and O–H groups in total. The topological polar surface area (TPSA) is 38.3 Å².